The van der Waals surface area contributed by atoms with Crippen LogP contribution in [0.1, 0.15) is 32.6 Å². The summed E-state index contributed by atoms with van der Waals surface area (Å²) in [4.78, 5) is 40.4. The van der Waals surface area contributed by atoms with Crippen LogP contribution in [0.2, 0.25) is 0 Å². The lowest BCUT2D eigenvalue weighted by atomic mass is 10.2. The highest BCUT2D eigenvalue weighted by atomic mass is 16.4. The number of hydrogen-bond donors (Lipinski definition) is 7. The fourth-order valence-electron chi connectivity index (χ4n) is 3.74. The van der Waals surface area contributed by atoms with Crippen LogP contribution in [0, 0.1) is 0 Å². The van der Waals surface area contributed by atoms with Crippen molar-refractivity contribution in [1.82, 2.24) is 24.5 Å². The third-order valence-corrected chi connectivity index (χ3v) is 5.88. The summed E-state index contributed by atoms with van der Waals surface area (Å²) in [5, 5.41) is 60.7. The Kier molecular flexibility index (Phi) is 33.6. The first kappa shape index (κ1) is 45.6. The third-order valence-electron chi connectivity index (χ3n) is 5.88. The van der Waals surface area contributed by atoms with Crippen molar-refractivity contribution >= 4 is 17.7 Å². The van der Waals surface area contributed by atoms with E-state index in [4.69, 9.17) is 30.6 Å². The van der Waals surface area contributed by atoms with Gasteiger partial charge in [-0.3, -0.25) is 19.4 Å². The Morgan fingerprint density at radius 3 is 1.19 bits per heavy atom. The van der Waals surface area contributed by atoms with E-state index in [1.165, 1.54) is 12.8 Å². The average Bonchev–Trinajstić information content (AvgIpc) is 2.90. The number of hydrogen-bond acceptors (Lipinski definition) is 13. The number of ketones is 1. The number of carbonyl (C=O) groups excluding carboxylic acids is 1. The molecule has 258 valence electrons. The molecule has 0 bridgehead atoms. The summed E-state index contributed by atoms with van der Waals surface area (Å²) in [6.07, 6.45) is 1.24. The van der Waals surface area contributed by atoms with Crippen LogP contribution in [0.15, 0.2) is 0 Å². The number of rotatable bonds is 25. The molecular weight excluding hydrogens is 566 g/mol. The van der Waals surface area contributed by atoms with E-state index in [0.717, 1.165) is 32.7 Å². The molecule has 0 heterocycles. The van der Waals surface area contributed by atoms with Crippen LogP contribution in [0.4, 0.5) is 0 Å². The van der Waals surface area contributed by atoms with Crippen LogP contribution < -0.4 is 0 Å². The van der Waals surface area contributed by atoms with Crippen molar-refractivity contribution in [2.45, 2.75) is 38.7 Å². The topological polar surface area (TPSA) is 209 Å². The Balaban J connectivity index is -0.000000577. The van der Waals surface area contributed by atoms with Gasteiger partial charge in [-0.25, -0.2) is 4.79 Å². The first-order valence-electron chi connectivity index (χ1n) is 14.8. The third kappa shape index (κ3) is 36.3. The molecule has 0 aromatic rings. The van der Waals surface area contributed by atoms with Crippen LogP contribution in [0.25, 0.3) is 0 Å². The molecule has 0 amide bonds. The van der Waals surface area contributed by atoms with E-state index < -0.39 is 30.6 Å². The van der Waals surface area contributed by atoms with E-state index in [9.17, 15) is 19.5 Å². The summed E-state index contributed by atoms with van der Waals surface area (Å²) in [6, 6.07) is 0. The molecule has 0 aromatic heterocycles. The van der Waals surface area contributed by atoms with Gasteiger partial charge in [-0.2, -0.15) is 0 Å². The number of carboxylic acid groups (broad SMARTS) is 2. The van der Waals surface area contributed by atoms with E-state index in [1.54, 1.807) is 0 Å². The second-order valence-electron chi connectivity index (χ2n) is 10.7. The minimum Gasteiger partial charge on any atom is -0.481 e. The van der Waals surface area contributed by atoms with Crippen LogP contribution in [-0.4, -0.2) is 211 Å². The zero-order chi connectivity index (χ0) is 33.6. The van der Waals surface area contributed by atoms with Gasteiger partial charge in [0.05, 0.1) is 39.0 Å². The lowest BCUT2D eigenvalue weighted by Crippen LogP contribution is -2.40. The molecule has 0 aromatic carbocycles. The van der Waals surface area contributed by atoms with Crippen molar-refractivity contribution < 1.29 is 50.1 Å². The van der Waals surface area contributed by atoms with Gasteiger partial charge in [0.2, 0.25) is 5.78 Å². The molecule has 0 radical (unpaired) electrons. The quantitative estimate of drug-likeness (QED) is 0.0528. The average molecular weight is 628 g/mol. The Morgan fingerprint density at radius 2 is 0.930 bits per heavy atom. The zero-order valence-electron chi connectivity index (χ0n) is 27.1. The van der Waals surface area contributed by atoms with Crippen molar-refractivity contribution in [3.8, 4) is 0 Å². The molecule has 0 saturated heterocycles. The Labute approximate surface area is 257 Å². The minimum absolute atomic E-state index is 0.0694. The van der Waals surface area contributed by atoms with Crippen molar-refractivity contribution in [3.63, 3.8) is 0 Å². The molecule has 15 nitrogen and oxygen atoms in total. The van der Waals surface area contributed by atoms with Crippen LogP contribution in [0.3, 0.4) is 0 Å². The normalized spacial score (nSPS) is 11.9. The standard InChI is InChI=1S/C13H31N3O.C10H24N2O4.C5H6O5/c1-13(17)12-16(10-6-8-14(2)3)11-7-9-15(4)5;13-7-3-11(4-8-14)1-2-12(5-9-15)6-10-16;6-3(5(9)10)1-2-4(7)8/h13,17H,6-12H2,1-5H3;13-16H,1-10H2;1-2H2,(H,7,8)(H,9,10). The van der Waals surface area contributed by atoms with Gasteiger partial charge in [-0.05, 0) is 74.1 Å². The molecule has 0 saturated carbocycles. The van der Waals surface area contributed by atoms with Crippen molar-refractivity contribution in [1.29, 1.82) is 0 Å². The number of nitrogens with zero attached hydrogens (tertiary/aromatic N) is 5. The van der Waals surface area contributed by atoms with Gasteiger partial charge < -0.3 is 50.4 Å². The fraction of sp³-hybridized carbons (Fsp3) is 0.893. The second kappa shape index (κ2) is 31.6. The molecule has 0 rings (SSSR count). The molecule has 0 spiro atoms. The number of Topliss-reactive ketones (excluding diaryl/α,β-unsaturated/α-hetero) is 1. The van der Waals surface area contributed by atoms with Crippen LogP contribution >= 0.6 is 0 Å². The highest BCUT2D eigenvalue weighted by Crippen LogP contribution is 1.99. The second-order valence-corrected chi connectivity index (χ2v) is 10.7. The number of aliphatic hydroxyl groups excluding tert-OH is 5. The molecular formula is C28H61N5O10. The van der Waals surface area contributed by atoms with E-state index >= 15 is 0 Å². The molecule has 0 fully saturated rings. The van der Waals surface area contributed by atoms with Gasteiger partial charge in [-0.15, -0.1) is 0 Å². The van der Waals surface area contributed by atoms with Gasteiger partial charge in [0.25, 0.3) is 0 Å². The van der Waals surface area contributed by atoms with Gasteiger partial charge in [0.15, 0.2) is 0 Å². The number of carbonyl (C=O) groups is 3. The first-order valence-corrected chi connectivity index (χ1v) is 14.8. The number of carboxylic acids is 2. The maximum absolute atomic E-state index is 10.2. The SMILES string of the molecule is CC(O)CN(CCCN(C)C)CCCN(C)C.O=C(O)CCC(=O)C(=O)O.OCCN(CCO)CCN(CCO)CCO. The van der Waals surface area contributed by atoms with Gasteiger partial charge in [-0.1, -0.05) is 0 Å². The van der Waals surface area contributed by atoms with E-state index in [2.05, 4.69) is 42.9 Å². The fourth-order valence-corrected chi connectivity index (χ4v) is 3.74. The Bertz CT molecular complexity index is 630. The summed E-state index contributed by atoms with van der Waals surface area (Å²) in [6.45, 7) is 10.9. The van der Waals surface area contributed by atoms with E-state index in [1.807, 2.05) is 16.7 Å². The molecule has 7 N–H and O–H groups in total. The largest absolute Gasteiger partial charge is 0.481 e. The Morgan fingerprint density at radius 1 is 0.558 bits per heavy atom. The minimum atomic E-state index is -1.58. The van der Waals surface area contributed by atoms with E-state index in [0.29, 0.717) is 39.3 Å². The highest BCUT2D eigenvalue weighted by molar-refractivity contribution is 6.32. The molecule has 43 heavy (non-hydrogen) atoms. The summed E-state index contributed by atoms with van der Waals surface area (Å²) >= 11 is 0. The first-order chi connectivity index (χ1) is 20.2. The molecule has 1 unspecified atom stereocenters. The lowest BCUT2D eigenvalue weighted by molar-refractivity contribution is -0.149. The maximum Gasteiger partial charge on any atom is 0.372 e. The molecule has 0 aliphatic heterocycles. The van der Waals surface area contributed by atoms with E-state index in [-0.39, 0.29) is 32.5 Å². The Hall–Kier alpha value is -1.79. The van der Waals surface area contributed by atoms with Gasteiger partial charge in [0, 0.05) is 52.2 Å². The smallest absolute Gasteiger partial charge is 0.372 e. The molecule has 0 aliphatic rings. The molecule has 15 heteroatoms. The van der Waals surface area contributed by atoms with Crippen molar-refractivity contribution in [3.05, 3.63) is 0 Å². The molecule has 1 atom stereocenters. The van der Waals surface area contributed by atoms with Crippen LogP contribution in [-0.2, 0) is 14.4 Å². The van der Waals surface area contributed by atoms with Crippen molar-refractivity contribution in [2.75, 3.05) is 127 Å². The monoisotopic (exact) mass is 627 g/mol. The summed E-state index contributed by atoms with van der Waals surface area (Å²) in [5.74, 6) is -3.82. The lowest BCUT2D eigenvalue weighted by Gasteiger charge is -2.25. The number of aliphatic carboxylic acids is 2. The predicted molar refractivity (Wildman–Crippen MR) is 165 cm³/mol. The van der Waals surface area contributed by atoms with Gasteiger partial charge >= 0.3 is 11.9 Å². The van der Waals surface area contributed by atoms with Crippen molar-refractivity contribution in [2.24, 2.45) is 0 Å². The highest BCUT2D eigenvalue weighted by Gasteiger charge is 2.12. The number of aliphatic hydroxyl groups is 5. The van der Waals surface area contributed by atoms with Gasteiger partial charge in [0.1, 0.15) is 0 Å². The zero-order valence-corrected chi connectivity index (χ0v) is 27.1. The maximum atomic E-state index is 10.2. The predicted octanol–water partition coefficient (Wildman–Crippen LogP) is -2.36. The summed E-state index contributed by atoms with van der Waals surface area (Å²) < 4.78 is 0. The summed E-state index contributed by atoms with van der Waals surface area (Å²) in [7, 11) is 8.41. The summed E-state index contributed by atoms with van der Waals surface area (Å²) in [5.41, 5.74) is 0. The van der Waals surface area contributed by atoms with Crippen LogP contribution in [0.5, 0.6) is 0 Å². The molecule has 0 aliphatic carbocycles.